The molecule has 0 spiro atoms. The van der Waals surface area contributed by atoms with E-state index in [2.05, 4.69) is 5.10 Å². The van der Waals surface area contributed by atoms with Gasteiger partial charge in [0.25, 0.3) is 11.8 Å². The average Bonchev–Trinajstić information content (AvgIpc) is 3.26. The highest BCUT2D eigenvalue weighted by atomic mass is 32.1. The Balaban J connectivity index is 2.00. The van der Waals surface area contributed by atoms with E-state index in [1.807, 2.05) is 0 Å². The fraction of sp³-hybridized carbons (Fsp3) is 0.500. The molecule has 3 rings (SSSR count). The Kier molecular flexibility index (Phi) is 5.51. The maximum atomic E-state index is 13.4. The number of aromatic nitrogens is 2. The van der Waals surface area contributed by atoms with E-state index in [0.717, 1.165) is 6.42 Å². The highest BCUT2D eigenvalue weighted by Gasteiger charge is 2.41. The summed E-state index contributed by atoms with van der Waals surface area (Å²) < 4.78 is 41.5. The summed E-state index contributed by atoms with van der Waals surface area (Å²) in [5.74, 6) is -1.09. The zero-order valence-electron chi connectivity index (χ0n) is 15.5. The summed E-state index contributed by atoms with van der Waals surface area (Å²) in [6.07, 6.45) is -2.38. The first-order chi connectivity index (χ1) is 13.2. The van der Waals surface area contributed by atoms with Crippen LogP contribution in [-0.4, -0.2) is 28.1 Å². The molecular weight excluding hydrogens is 393 g/mol. The molecule has 0 saturated heterocycles. The molecular formula is C18H21F3N4O2S. The minimum Gasteiger partial charge on any atom is -0.366 e. The van der Waals surface area contributed by atoms with Gasteiger partial charge in [0.15, 0.2) is 5.69 Å². The molecule has 152 valence electrons. The number of halogens is 3. The van der Waals surface area contributed by atoms with Crippen LogP contribution in [0.5, 0.6) is 0 Å². The minimum absolute atomic E-state index is 0.190. The summed E-state index contributed by atoms with van der Waals surface area (Å²) in [5.41, 5.74) is 5.34. The van der Waals surface area contributed by atoms with Crippen molar-refractivity contribution in [2.45, 2.75) is 51.7 Å². The van der Waals surface area contributed by atoms with Crippen molar-refractivity contribution in [3.05, 3.63) is 34.0 Å². The lowest BCUT2D eigenvalue weighted by molar-refractivity contribution is -0.142. The number of likely N-dealkylation sites (N-methyl/N-ethyl adjacent to an activating group) is 1. The van der Waals surface area contributed by atoms with Gasteiger partial charge in [0.1, 0.15) is 11.0 Å². The molecule has 0 aliphatic heterocycles. The molecule has 0 bridgehead atoms. The lowest BCUT2D eigenvalue weighted by Gasteiger charge is -2.25. The van der Waals surface area contributed by atoms with Gasteiger partial charge >= 0.3 is 6.18 Å². The van der Waals surface area contributed by atoms with E-state index in [4.69, 9.17) is 5.73 Å². The Morgan fingerprint density at radius 3 is 2.64 bits per heavy atom. The van der Waals surface area contributed by atoms with Gasteiger partial charge in [-0.1, -0.05) is 0 Å². The Morgan fingerprint density at radius 2 is 2.04 bits per heavy atom. The minimum atomic E-state index is -4.56. The van der Waals surface area contributed by atoms with Gasteiger partial charge < -0.3 is 10.6 Å². The molecule has 6 nitrogen and oxygen atoms in total. The summed E-state index contributed by atoms with van der Waals surface area (Å²) in [7, 11) is 0. The first kappa shape index (κ1) is 20.4. The molecule has 2 heterocycles. The number of rotatable bonds is 5. The Hall–Kier alpha value is -2.36. The van der Waals surface area contributed by atoms with Gasteiger partial charge in [0, 0.05) is 17.8 Å². The molecule has 1 unspecified atom stereocenters. The number of alkyl halides is 3. The molecule has 10 heteroatoms. The number of thiophene rings is 1. The van der Waals surface area contributed by atoms with Crippen molar-refractivity contribution in [1.29, 1.82) is 0 Å². The summed E-state index contributed by atoms with van der Waals surface area (Å²) in [5, 5.41) is 5.83. The molecule has 2 aromatic rings. The normalized spacial score (nSPS) is 15.2. The molecule has 2 N–H and O–H groups in total. The van der Waals surface area contributed by atoms with Crippen LogP contribution in [-0.2, 0) is 23.8 Å². The number of primary amides is 1. The van der Waals surface area contributed by atoms with Crippen LogP contribution in [0.1, 0.15) is 60.0 Å². The van der Waals surface area contributed by atoms with Crippen LogP contribution in [0.15, 0.2) is 11.4 Å². The van der Waals surface area contributed by atoms with Crippen LogP contribution in [0.25, 0.3) is 0 Å². The van der Waals surface area contributed by atoms with Gasteiger partial charge in [-0.25, -0.2) is 0 Å². The summed E-state index contributed by atoms with van der Waals surface area (Å²) >= 11 is 1.18. The number of anilines is 1. The second-order valence-electron chi connectivity index (χ2n) is 6.69. The van der Waals surface area contributed by atoms with E-state index in [1.54, 1.807) is 12.3 Å². The van der Waals surface area contributed by atoms with Gasteiger partial charge in [-0.05, 0) is 51.0 Å². The molecule has 28 heavy (non-hydrogen) atoms. The van der Waals surface area contributed by atoms with Crippen LogP contribution >= 0.6 is 11.3 Å². The van der Waals surface area contributed by atoms with Crippen molar-refractivity contribution < 1.29 is 22.8 Å². The van der Waals surface area contributed by atoms with Crippen LogP contribution in [0.4, 0.5) is 18.2 Å². The van der Waals surface area contributed by atoms with Crippen LogP contribution in [0.2, 0.25) is 0 Å². The van der Waals surface area contributed by atoms with Crippen molar-refractivity contribution in [1.82, 2.24) is 9.78 Å². The topological polar surface area (TPSA) is 81.2 Å². The zero-order valence-corrected chi connectivity index (χ0v) is 16.4. The third kappa shape index (κ3) is 3.52. The van der Waals surface area contributed by atoms with Crippen molar-refractivity contribution in [2.24, 2.45) is 5.73 Å². The number of hydrogen-bond donors (Lipinski definition) is 1. The molecule has 0 fully saturated rings. The fourth-order valence-electron chi connectivity index (χ4n) is 3.60. The van der Waals surface area contributed by atoms with Crippen LogP contribution < -0.4 is 10.6 Å². The number of amides is 2. The molecule has 0 radical (unpaired) electrons. The van der Waals surface area contributed by atoms with Gasteiger partial charge in [-0.15, -0.1) is 11.3 Å². The smallest absolute Gasteiger partial charge is 0.366 e. The highest BCUT2D eigenvalue weighted by molar-refractivity contribution is 7.14. The Morgan fingerprint density at radius 1 is 1.36 bits per heavy atom. The monoisotopic (exact) mass is 414 g/mol. The molecule has 0 aromatic carbocycles. The number of carbonyl (C=O) groups excluding carboxylic acids is 2. The number of nitrogens with two attached hydrogens (primary N) is 1. The third-order valence-corrected chi connectivity index (χ3v) is 5.87. The molecule has 1 aliphatic rings. The summed E-state index contributed by atoms with van der Waals surface area (Å²) in [6.45, 7) is 3.51. The van der Waals surface area contributed by atoms with Gasteiger partial charge in [-0.3, -0.25) is 14.3 Å². The van der Waals surface area contributed by atoms with Gasteiger partial charge in [-0.2, -0.15) is 18.3 Å². The predicted octanol–water partition coefficient (Wildman–Crippen LogP) is 3.56. The maximum Gasteiger partial charge on any atom is 0.435 e. The predicted molar refractivity (Wildman–Crippen MR) is 99.4 cm³/mol. The highest BCUT2D eigenvalue weighted by Crippen LogP contribution is 2.37. The number of fused-ring (bicyclic) bond motifs is 1. The van der Waals surface area contributed by atoms with Crippen molar-refractivity contribution >= 4 is 28.2 Å². The quantitative estimate of drug-likeness (QED) is 0.812. The number of carbonyl (C=O) groups is 2. The van der Waals surface area contributed by atoms with Gasteiger partial charge in [0.2, 0.25) is 0 Å². The second-order valence-corrected chi connectivity index (χ2v) is 7.58. The van der Waals surface area contributed by atoms with E-state index in [1.165, 1.54) is 33.9 Å². The van der Waals surface area contributed by atoms with Crippen molar-refractivity contribution in [3.63, 3.8) is 0 Å². The lowest BCUT2D eigenvalue weighted by Crippen LogP contribution is -2.37. The molecule has 1 aliphatic carbocycles. The third-order valence-electron chi connectivity index (χ3n) is 4.94. The van der Waals surface area contributed by atoms with E-state index >= 15 is 0 Å². The SMILES string of the molecule is CCN(C(=O)C(C)n1nc(C(F)(F)F)c2c1CCCC2)c1sccc1C(N)=O. The largest absolute Gasteiger partial charge is 0.435 e. The molecule has 2 aromatic heterocycles. The zero-order chi connectivity index (χ0) is 20.6. The summed E-state index contributed by atoms with van der Waals surface area (Å²) in [6, 6.07) is 0.589. The first-order valence-corrected chi connectivity index (χ1v) is 9.90. The first-order valence-electron chi connectivity index (χ1n) is 9.02. The number of hydrogen-bond acceptors (Lipinski definition) is 4. The van der Waals surface area contributed by atoms with Crippen LogP contribution in [0, 0.1) is 0 Å². The molecule has 2 amide bonds. The average molecular weight is 414 g/mol. The Labute approximate surface area is 164 Å². The molecule has 1 atom stereocenters. The maximum absolute atomic E-state index is 13.4. The summed E-state index contributed by atoms with van der Waals surface area (Å²) in [4.78, 5) is 26.1. The van der Waals surface area contributed by atoms with E-state index in [0.29, 0.717) is 30.0 Å². The van der Waals surface area contributed by atoms with Crippen LogP contribution in [0.3, 0.4) is 0 Å². The van der Waals surface area contributed by atoms with E-state index < -0.39 is 29.7 Å². The van der Waals surface area contributed by atoms with E-state index in [9.17, 15) is 22.8 Å². The van der Waals surface area contributed by atoms with Crippen molar-refractivity contribution in [2.75, 3.05) is 11.4 Å². The second kappa shape index (κ2) is 7.57. The van der Waals surface area contributed by atoms with Gasteiger partial charge in [0.05, 0.1) is 5.56 Å². The standard InChI is InChI=1S/C18H21F3N4O2S/c1-3-24(17-12(15(22)26)8-9-28-17)16(27)10(2)25-13-7-5-4-6-11(13)14(23-25)18(19,20)21/h8-10H,3-7H2,1-2H3,(H2,22,26). The van der Waals surface area contributed by atoms with E-state index in [-0.39, 0.29) is 17.7 Å². The fourth-order valence-corrected chi connectivity index (χ4v) is 4.58. The lowest BCUT2D eigenvalue weighted by atomic mass is 9.95. The van der Waals surface area contributed by atoms with Crippen molar-refractivity contribution in [3.8, 4) is 0 Å². The molecule has 0 saturated carbocycles. The number of nitrogens with zero attached hydrogens (tertiary/aromatic N) is 3. The Bertz CT molecular complexity index is 903.